The minimum Gasteiger partial charge on any atom is -0.656 e. The molecule has 0 N–H and O–H groups in total. The molecule has 0 aliphatic heterocycles. The molecule has 0 fully saturated rings. The molecular weight excluding hydrogens is 231 g/mol. The zero-order valence-corrected chi connectivity index (χ0v) is 13.9. The number of rotatable bonds is 4. The van der Waals surface area contributed by atoms with Gasteiger partial charge in [0.25, 0.3) is 0 Å². The number of hydrogen-bond donors (Lipinski definition) is 0. The van der Waals surface area contributed by atoms with Gasteiger partial charge < -0.3 is 10.1 Å². The van der Waals surface area contributed by atoms with E-state index < -0.39 is 0 Å². The maximum absolute atomic E-state index is 10.9. The molecule has 0 saturated carbocycles. The number of hydrogen-bond acceptors (Lipinski definition) is 1. The first-order valence-electron chi connectivity index (χ1n) is 3.40. The summed E-state index contributed by atoms with van der Waals surface area (Å²) < 4.78 is 0. The van der Waals surface area contributed by atoms with Crippen LogP contribution in [0.5, 0.6) is 0 Å². The number of carbonyl (C=O) groups excluding carboxylic acids is 1. The molecule has 0 aromatic heterocycles. The molecule has 0 aromatic carbocycles. The molecule has 0 aromatic rings. The van der Waals surface area contributed by atoms with E-state index in [4.69, 9.17) is 0 Å². The van der Waals surface area contributed by atoms with E-state index in [-0.39, 0.29) is 70.0 Å². The molecule has 3 unspecified atom stereocenters. The minimum absolute atomic E-state index is 0. The van der Waals surface area contributed by atoms with E-state index in [0.717, 1.165) is 8.58 Å². The molecular formula is C7H15NOPRb. The van der Waals surface area contributed by atoms with Crippen LogP contribution in [0.1, 0.15) is 13.8 Å². The molecule has 60 valence electrons. The van der Waals surface area contributed by atoms with Gasteiger partial charge in [0.15, 0.2) is 0 Å². The van der Waals surface area contributed by atoms with Crippen LogP contribution in [-0.2, 0) is 4.79 Å². The molecule has 0 saturated heterocycles. The van der Waals surface area contributed by atoms with Crippen molar-refractivity contribution in [2.24, 2.45) is 0 Å². The molecule has 0 spiro atoms. The quantitative estimate of drug-likeness (QED) is 0.564. The van der Waals surface area contributed by atoms with Gasteiger partial charge >= 0.3 is 58.2 Å². The molecule has 0 aliphatic rings. The fourth-order valence-corrected chi connectivity index (χ4v) is 1.61. The van der Waals surface area contributed by atoms with Crippen LogP contribution < -0.4 is 58.2 Å². The van der Waals surface area contributed by atoms with E-state index in [9.17, 15) is 4.79 Å². The summed E-state index contributed by atoms with van der Waals surface area (Å²) in [6.07, 6.45) is 0. The number of ketones is 1. The van der Waals surface area contributed by atoms with Gasteiger partial charge in [-0.25, -0.2) is 0 Å². The molecule has 11 heavy (non-hydrogen) atoms. The summed E-state index contributed by atoms with van der Waals surface area (Å²) in [5.41, 5.74) is 0.419. The Kier molecular flexibility index (Phi) is 11.8. The second-order valence-corrected chi connectivity index (χ2v) is 3.88. The van der Waals surface area contributed by atoms with Gasteiger partial charge in [-0.3, -0.25) is 0 Å². The van der Waals surface area contributed by atoms with Crippen LogP contribution in [0.3, 0.4) is 0 Å². The van der Waals surface area contributed by atoms with Crippen LogP contribution in [0.4, 0.5) is 0 Å². The maximum atomic E-state index is 10.9. The van der Waals surface area contributed by atoms with Crippen molar-refractivity contribution < 1.29 is 63.0 Å². The normalized spacial score (nSPS) is 16.0. The van der Waals surface area contributed by atoms with Crippen LogP contribution in [0, 0.1) is 0 Å². The number of Topliss-reactive ketones (excluding diaryl/α,β-unsaturated/α-hetero) is 1. The first-order valence-corrected chi connectivity index (χ1v) is 4.97. The van der Waals surface area contributed by atoms with Gasteiger partial charge in [-0.05, 0) is 19.2 Å². The Bertz CT molecular complexity index is 121. The van der Waals surface area contributed by atoms with Gasteiger partial charge in [0.05, 0.1) is 0 Å². The molecule has 0 bridgehead atoms. The van der Waals surface area contributed by atoms with Gasteiger partial charge in [0, 0.05) is 0 Å². The molecule has 2 nitrogen and oxygen atoms in total. The van der Waals surface area contributed by atoms with E-state index in [1.54, 1.807) is 14.0 Å². The Hall–Kier alpha value is 1.87. The second kappa shape index (κ2) is 8.46. The summed E-state index contributed by atoms with van der Waals surface area (Å²) in [6.45, 7) is 5.78. The number of likely N-dealkylation sites (N-methyl/N-ethyl adjacent to an activating group) is 1. The summed E-state index contributed by atoms with van der Waals surface area (Å²) >= 11 is 0. The van der Waals surface area contributed by atoms with Crippen LogP contribution in [0.15, 0.2) is 0 Å². The zero-order chi connectivity index (χ0) is 8.15. The van der Waals surface area contributed by atoms with Crippen LogP contribution in [0.25, 0.3) is 5.32 Å². The summed E-state index contributed by atoms with van der Waals surface area (Å²) in [4.78, 5) is 10.9. The van der Waals surface area contributed by atoms with Crippen molar-refractivity contribution in [1.29, 1.82) is 0 Å². The Labute approximate surface area is 120 Å². The van der Waals surface area contributed by atoms with Gasteiger partial charge in [0.2, 0.25) is 0 Å². The van der Waals surface area contributed by atoms with Gasteiger partial charge in [0.1, 0.15) is 5.78 Å². The number of carbonyl (C=O) groups is 1. The van der Waals surface area contributed by atoms with Crippen molar-refractivity contribution >= 4 is 14.4 Å². The predicted molar refractivity (Wildman–Crippen MR) is 47.5 cm³/mol. The Balaban J connectivity index is 0. The summed E-state index contributed by atoms with van der Waals surface area (Å²) in [5, 5.41) is 4.02. The summed E-state index contributed by atoms with van der Waals surface area (Å²) in [6, 6.07) is -0.0664. The maximum Gasteiger partial charge on any atom is 1.00 e. The predicted octanol–water partition coefficient (Wildman–Crippen LogP) is -1.35. The minimum atomic E-state index is -0.0664. The van der Waals surface area contributed by atoms with E-state index >= 15 is 0 Å². The molecule has 0 heterocycles. The second-order valence-electron chi connectivity index (χ2n) is 2.39. The fraction of sp³-hybridized carbons (Fsp3) is 0.857. The summed E-state index contributed by atoms with van der Waals surface area (Å²) in [5.74, 6) is 0.185. The first-order chi connectivity index (χ1) is 4.63. The fourth-order valence-electron chi connectivity index (χ4n) is 0.915. The monoisotopic (exact) mass is 245 g/mol. The Morgan fingerprint density at radius 1 is 1.55 bits per heavy atom. The van der Waals surface area contributed by atoms with E-state index in [2.05, 4.69) is 18.9 Å². The summed E-state index contributed by atoms with van der Waals surface area (Å²) in [7, 11) is 2.51. The van der Waals surface area contributed by atoms with E-state index in [1.165, 1.54) is 0 Å². The largest absolute Gasteiger partial charge is 1.00 e. The van der Waals surface area contributed by atoms with Crippen molar-refractivity contribution in [1.82, 2.24) is 0 Å². The molecule has 4 heteroatoms. The topological polar surface area (TPSA) is 31.2 Å². The van der Waals surface area contributed by atoms with Crippen molar-refractivity contribution in [3.05, 3.63) is 5.32 Å². The van der Waals surface area contributed by atoms with Gasteiger partial charge in [-0.1, -0.05) is 13.0 Å². The van der Waals surface area contributed by atoms with Crippen molar-refractivity contribution in [2.45, 2.75) is 25.5 Å². The van der Waals surface area contributed by atoms with E-state index in [1.807, 2.05) is 0 Å². The molecule has 3 atom stereocenters. The van der Waals surface area contributed by atoms with Crippen LogP contribution >= 0.6 is 8.58 Å². The zero-order valence-electron chi connectivity index (χ0n) is 8.01. The third-order valence-electron chi connectivity index (χ3n) is 1.62. The molecule has 0 aliphatic carbocycles. The average Bonchev–Trinajstić information content (AvgIpc) is 1.88. The first kappa shape index (κ1) is 15.3. The smallest absolute Gasteiger partial charge is 0.656 e. The van der Waals surface area contributed by atoms with Gasteiger partial charge in [-0.15, -0.1) is 8.58 Å². The van der Waals surface area contributed by atoms with E-state index in [0.29, 0.717) is 5.66 Å². The SMILES string of the molecule is C[N-]C(C(C)=O)C(C)PC.[Rb+]. The standard InChI is InChI=1S/C7H15NOP.Rb/c1-5(9)7(8-3)6(2)10-4;/h6-7,10H,1-4H3;/q-1;+1. The average molecular weight is 246 g/mol. The molecule has 0 amide bonds. The van der Waals surface area contributed by atoms with Gasteiger partial charge in [-0.2, -0.15) is 7.05 Å². The molecule has 0 rings (SSSR count). The van der Waals surface area contributed by atoms with Crippen LogP contribution in [0.2, 0.25) is 0 Å². The molecule has 0 radical (unpaired) electrons. The Morgan fingerprint density at radius 2 is 2.00 bits per heavy atom. The number of nitrogens with zero attached hydrogens (tertiary/aromatic N) is 1. The van der Waals surface area contributed by atoms with Crippen molar-refractivity contribution in [3.8, 4) is 0 Å². The van der Waals surface area contributed by atoms with Crippen LogP contribution in [-0.4, -0.2) is 31.2 Å². The van der Waals surface area contributed by atoms with Crippen molar-refractivity contribution in [2.75, 3.05) is 13.7 Å². The Morgan fingerprint density at radius 3 is 2.09 bits per heavy atom. The third kappa shape index (κ3) is 6.01. The van der Waals surface area contributed by atoms with Crippen molar-refractivity contribution in [3.63, 3.8) is 0 Å². The third-order valence-corrected chi connectivity index (χ3v) is 2.85.